The van der Waals surface area contributed by atoms with Gasteiger partial charge < -0.3 is 14.7 Å². The number of aliphatic carboxylic acids is 1. The molecule has 1 amide bonds. The van der Waals surface area contributed by atoms with Gasteiger partial charge in [0, 0.05) is 19.1 Å². The zero-order valence-electron chi connectivity index (χ0n) is 13.1. The second-order valence-electron chi connectivity index (χ2n) is 6.25. The van der Waals surface area contributed by atoms with Crippen LogP contribution in [-0.2, 0) is 16.1 Å². The molecule has 6 nitrogen and oxygen atoms in total. The van der Waals surface area contributed by atoms with Crippen LogP contribution in [0.1, 0.15) is 18.4 Å². The van der Waals surface area contributed by atoms with Crippen molar-refractivity contribution in [3.8, 4) is 0 Å². The Kier molecular flexibility index (Phi) is 4.81. The lowest BCUT2D eigenvalue weighted by Crippen LogP contribution is -2.62. The van der Waals surface area contributed by atoms with Crippen molar-refractivity contribution in [2.45, 2.75) is 25.5 Å². The van der Waals surface area contributed by atoms with E-state index in [0.29, 0.717) is 38.6 Å². The van der Waals surface area contributed by atoms with Gasteiger partial charge in [0.15, 0.2) is 0 Å². The highest BCUT2D eigenvalue weighted by molar-refractivity contribution is 5.70. The first kappa shape index (κ1) is 15.8. The monoisotopic (exact) mass is 318 g/mol. The lowest BCUT2D eigenvalue weighted by molar-refractivity contribution is -0.143. The van der Waals surface area contributed by atoms with Crippen molar-refractivity contribution >= 4 is 12.1 Å². The zero-order valence-corrected chi connectivity index (χ0v) is 13.1. The van der Waals surface area contributed by atoms with Crippen LogP contribution in [0.25, 0.3) is 0 Å². The third-order valence-corrected chi connectivity index (χ3v) is 4.72. The molecule has 0 saturated carbocycles. The summed E-state index contributed by atoms with van der Waals surface area (Å²) in [5.74, 6) is -0.900. The molecule has 2 heterocycles. The molecule has 0 aromatic heterocycles. The number of benzene rings is 1. The summed E-state index contributed by atoms with van der Waals surface area (Å²) in [5.41, 5.74) is 0.980. The molecule has 124 valence electrons. The summed E-state index contributed by atoms with van der Waals surface area (Å²) in [5, 5.41) is 9.01. The third-order valence-electron chi connectivity index (χ3n) is 4.72. The summed E-state index contributed by atoms with van der Waals surface area (Å²) >= 11 is 0. The van der Waals surface area contributed by atoms with Crippen LogP contribution in [0.3, 0.4) is 0 Å². The number of amides is 1. The first-order valence-electron chi connectivity index (χ1n) is 8.06. The van der Waals surface area contributed by atoms with E-state index < -0.39 is 5.97 Å². The van der Waals surface area contributed by atoms with Gasteiger partial charge in [0.1, 0.15) is 6.61 Å². The Morgan fingerprint density at radius 3 is 2.39 bits per heavy atom. The number of carbonyl (C=O) groups is 2. The molecule has 1 aromatic rings. The molecule has 2 aliphatic heterocycles. The second kappa shape index (κ2) is 7.00. The molecule has 3 rings (SSSR count). The Balaban J connectivity index is 1.37. The van der Waals surface area contributed by atoms with Crippen LogP contribution >= 0.6 is 0 Å². The molecule has 1 N–H and O–H groups in total. The molecule has 0 spiro atoms. The Labute approximate surface area is 135 Å². The van der Waals surface area contributed by atoms with E-state index in [4.69, 9.17) is 9.84 Å². The van der Waals surface area contributed by atoms with E-state index in [9.17, 15) is 9.59 Å². The van der Waals surface area contributed by atoms with E-state index in [0.717, 1.165) is 18.7 Å². The van der Waals surface area contributed by atoms with Crippen LogP contribution in [-0.4, -0.2) is 59.2 Å². The first-order valence-corrected chi connectivity index (χ1v) is 8.06. The van der Waals surface area contributed by atoms with Gasteiger partial charge in [-0.2, -0.15) is 0 Å². The summed E-state index contributed by atoms with van der Waals surface area (Å²) in [7, 11) is 0. The smallest absolute Gasteiger partial charge is 0.410 e. The van der Waals surface area contributed by atoms with Gasteiger partial charge in [0.2, 0.25) is 0 Å². The average molecular weight is 318 g/mol. The van der Waals surface area contributed by atoms with Crippen LogP contribution in [0.15, 0.2) is 30.3 Å². The number of rotatable bonds is 4. The molecular formula is C17H22N2O4. The van der Waals surface area contributed by atoms with Crippen molar-refractivity contribution in [3.05, 3.63) is 35.9 Å². The van der Waals surface area contributed by atoms with Crippen LogP contribution in [0.2, 0.25) is 0 Å². The molecule has 0 unspecified atom stereocenters. The summed E-state index contributed by atoms with van der Waals surface area (Å²) in [4.78, 5) is 26.9. The van der Waals surface area contributed by atoms with E-state index >= 15 is 0 Å². The fourth-order valence-electron chi connectivity index (χ4n) is 3.16. The van der Waals surface area contributed by atoms with E-state index in [-0.39, 0.29) is 12.0 Å². The Bertz CT molecular complexity index is 549. The number of likely N-dealkylation sites (tertiary alicyclic amines) is 2. The van der Waals surface area contributed by atoms with Crippen LogP contribution in [0, 0.1) is 5.92 Å². The van der Waals surface area contributed by atoms with Crippen molar-refractivity contribution in [1.82, 2.24) is 9.80 Å². The summed E-state index contributed by atoms with van der Waals surface area (Å²) in [6, 6.07) is 9.97. The molecule has 23 heavy (non-hydrogen) atoms. The van der Waals surface area contributed by atoms with Gasteiger partial charge in [-0.3, -0.25) is 9.69 Å². The maximum absolute atomic E-state index is 12.0. The van der Waals surface area contributed by atoms with Crippen LogP contribution < -0.4 is 0 Å². The number of ether oxygens (including phenoxy) is 1. The number of carbonyl (C=O) groups excluding carboxylic acids is 1. The minimum Gasteiger partial charge on any atom is -0.481 e. The number of hydrogen-bond donors (Lipinski definition) is 1. The van der Waals surface area contributed by atoms with Gasteiger partial charge in [-0.15, -0.1) is 0 Å². The van der Waals surface area contributed by atoms with Gasteiger partial charge in [0.25, 0.3) is 0 Å². The number of nitrogens with zero attached hydrogens (tertiary/aromatic N) is 2. The maximum atomic E-state index is 12.0. The molecule has 0 aliphatic carbocycles. The highest BCUT2D eigenvalue weighted by Gasteiger charge is 2.37. The molecule has 2 fully saturated rings. The molecule has 0 bridgehead atoms. The van der Waals surface area contributed by atoms with Gasteiger partial charge in [-0.1, -0.05) is 30.3 Å². The Morgan fingerprint density at radius 1 is 1.13 bits per heavy atom. The summed E-state index contributed by atoms with van der Waals surface area (Å²) < 4.78 is 5.31. The van der Waals surface area contributed by atoms with Crippen molar-refractivity contribution < 1.29 is 19.4 Å². The van der Waals surface area contributed by atoms with Crippen molar-refractivity contribution in [1.29, 1.82) is 0 Å². The highest BCUT2D eigenvalue weighted by atomic mass is 16.6. The number of carboxylic acids is 1. The minimum absolute atomic E-state index is 0.210. The maximum Gasteiger partial charge on any atom is 0.410 e. The van der Waals surface area contributed by atoms with Crippen LogP contribution in [0.4, 0.5) is 4.79 Å². The summed E-state index contributed by atoms with van der Waals surface area (Å²) in [6.07, 6.45) is 1.12. The number of carboxylic acid groups (broad SMARTS) is 1. The average Bonchev–Trinajstić information content (AvgIpc) is 2.53. The summed E-state index contributed by atoms with van der Waals surface area (Å²) in [6.45, 7) is 3.24. The largest absolute Gasteiger partial charge is 0.481 e. The minimum atomic E-state index is -0.690. The van der Waals surface area contributed by atoms with Crippen LogP contribution in [0.5, 0.6) is 0 Å². The van der Waals surface area contributed by atoms with Gasteiger partial charge >= 0.3 is 12.1 Å². The molecule has 2 saturated heterocycles. The SMILES string of the molecule is O=C(O)C1CCN(C2CN(C(=O)OCc3ccccc3)C2)CC1. The van der Waals surface area contributed by atoms with E-state index in [1.54, 1.807) is 4.90 Å². The quantitative estimate of drug-likeness (QED) is 0.917. The Hall–Kier alpha value is -2.08. The lowest BCUT2D eigenvalue weighted by atomic mass is 9.94. The van der Waals surface area contributed by atoms with Gasteiger partial charge in [0.05, 0.1) is 5.92 Å². The molecule has 1 aromatic carbocycles. The fraction of sp³-hybridized carbons (Fsp3) is 0.529. The predicted octanol–water partition coefficient (Wildman–Crippen LogP) is 1.80. The molecule has 0 atom stereocenters. The van der Waals surface area contributed by atoms with Crippen molar-refractivity contribution in [2.24, 2.45) is 5.92 Å². The molecule has 2 aliphatic rings. The zero-order chi connectivity index (χ0) is 16.2. The standard InChI is InChI=1S/C17H22N2O4/c20-16(21)14-6-8-18(9-7-14)15-10-19(11-15)17(22)23-12-13-4-2-1-3-5-13/h1-5,14-15H,6-12H2,(H,20,21). The number of piperidine rings is 1. The van der Waals surface area contributed by atoms with E-state index in [1.807, 2.05) is 30.3 Å². The Morgan fingerprint density at radius 2 is 1.78 bits per heavy atom. The van der Waals surface area contributed by atoms with Gasteiger partial charge in [-0.25, -0.2) is 4.79 Å². The van der Waals surface area contributed by atoms with Crippen molar-refractivity contribution in [2.75, 3.05) is 26.2 Å². The second-order valence-corrected chi connectivity index (χ2v) is 6.25. The predicted molar refractivity (Wildman–Crippen MR) is 83.9 cm³/mol. The molecular weight excluding hydrogens is 296 g/mol. The third kappa shape index (κ3) is 3.82. The highest BCUT2D eigenvalue weighted by Crippen LogP contribution is 2.23. The topological polar surface area (TPSA) is 70.1 Å². The van der Waals surface area contributed by atoms with E-state index in [2.05, 4.69) is 4.90 Å². The molecule has 6 heteroatoms. The van der Waals surface area contributed by atoms with Crippen molar-refractivity contribution in [3.63, 3.8) is 0 Å². The molecule has 0 radical (unpaired) electrons. The van der Waals surface area contributed by atoms with E-state index in [1.165, 1.54) is 0 Å². The number of hydrogen-bond acceptors (Lipinski definition) is 4. The fourth-order valence-corrected chi connectivity index (χ4v) is 3.16. The lowest BCUT2D eigenvalue weighted by Gasteiger charge is -2.46. The first-order chi connectivity index (χ1) is 11.1. The normalized spacial score (nSPS) is 20.1. The van der Waals surface area contributed by atoms with Gasteiger partial charge in [-0.05, 0) is 31.5 Å².